The lowest BCUT2D eigenvalue weighted by molar-refractivity contribution is -0.142. The summed E-state index contributed by atoms with van der Waals surface area (Å²) in [4.78, 5) is 23.0. The van der Waals surface area contributed by atoms with Crippen molar-refractivity contribution in [2.75, 3.05) is 0 Å². The van der Waals surface area contributed by atoms with Gasteiger partial charge in [0.1, 0.15) is 18.3 Å². The fraction of sp³-hybridized carbons (Fsp3) is 0.250. The van der Waals surface area contributed by atoms with Gasteiger partial charge in [-0.2, -0.15) is 0 Å². The second-order valence-corrected chi connectivity index (χ2v) is 4.99. The summed E-state index contributed by atoms with van der Waals surface area (Å²) in [5.74, 6) is -1.49. The first kappa shape index (κ1) is 16.4. The molecule has 0 spiro atoms. The topological polar surface area (TPSA) is 97.1 Å². The summed E-state index contributed by atoms with van der Waals surface area (Å²) < 4.78 is 1.38. The predicted molar refractivity (Wildman–Crippen MR) is 84.5 cm³/mol. The number of hydrogen-bond donors (Lipinski definition) is 2. The number of aromatic nitrogens is 3. The maximum absolute atomic E-state index is 11.9. The summed E-state index contributed by atoms with van der Waals surface area (Å²) in [7, 11) is 0. The Morgan fingerprint density at radius 3 is 2.74 bits per heavy atom. The summed E-state index contributed by atoms with van der Waals surface area (Å²) in [5, 5.41) is 19.5. The van der Waals surface area contributed by atoms with Crippen LogP contribution < -0.4 is 5.32 Å². The highest BCUT2D eigenvalue weighted by Crippen LogP contribution is 2.14. The van der Waals surface area contributed by atoms with E-state index < -0.39 is 17.9 Å². The van der Waals surface area contributed by atoms with Gasteiger partial charge in [-0.25, -0.2) is 9.48 Å². The van der Waals surface area contributed by atoms with E-state index in [9.17, 15) is 9.59 Å². The molecule has 1 heterocycles. The van der Waals surface area contributed by atoms with E-state index in [0.717, 1.165) is 5.56 Å². The van der Waals surface area contributed by atoms with Gasteiger partial charge >= 0.3 is 5.97 Å². The normalized spacial score (nSPS) is 11.7. The van der Waals surface area contributed by atoms with Crippen molar-refractivity contribution in [1.29, 1.82) is 0 Å². The van der Waals surface area contributed by atoms with Crippen LogP contribution in [0.25, 0.3) is 11.3 Å². The molecule has 0 saturated heterocycles. The number of carboxylic acids is 1. The van der Waals surface area contributed by atoms with E-state index in [1.807, 2.05) is 30.3 Å². The Balaban J connectivity index is 1.96. The number of rotatable bonds is 8. The zero-order valence-electron chi connectivity index (χ0n) is 12.6. The van der Waals surface area contributed by atoms with Crippen LogP contribution in [0.3, 0.4) is 0 Å². The van der Waals surface area contributed by atoms with Gasteiger partial charge in [-0.3, -0.25) is 4.79 Å². The van der Waals surface area contributed by atoms with Crippen molar-refractivity contribution >= 4 is 11.9 Å². The van der Waals surface area contributed by atoms with E-state index in [0.29, 0.717) is 18.5 Å². The van der Waals surface area contributed by atoms with Crippen molar-refractivity contribution in [2.45, 2.75) is 25.4 Å². The van der Waals surface area contributed by atoms with Gasteiger partial charge in [0, 0.05) is 5.56 Å². The first-order valence-electron chi connectivity index (χ1n) is 7.18. The summed E-state index contributed by atoms with van der Waals surface area (Å²) >= 11 is 0. The number of allylic oxidation sites excluding steroid dienone is 1. The third-order valence-corrected chi connectivity index (χ3v) is 3.21. The maximum atomic E-state index is 11.9. The Labute approximate surface area is 133 Å². The SMILES string of the molecule is C=CCCC(NC(=O)Cn1cc(-c2ccccc2)nn1)C(=O)O. The Morgan fingerprint density at radius 1 is 1.35 bits per heavy atom. The third kappa shape index (κ3) is 4.77. The van der Waals surface area contributed by atoms with Crippen LogP contribution in [0.1, 0.15) is 12.8 Å². The number of benzene rings is 1. The second-order valence-electron chi connectivity index (χ2n) is 4.99. The quantitative estimate of drug-likeness (QED) is 0.719. The lowest BCUT2D eigenvalue weighted by atomic mass is 10.1. The fourth-order valence-electron chi connectivity index (χ4n) is 2.05. The monoisotopic (exact) mass is 314 g/mol. The van der Waals surface area contributed by atoms with Gasteiger partial charge in [0.15, 0.2) is 0 Å². The minimum absolute atomic E-state index is 0.0856. The molecule has 1 unspecified atom stereocenters. The minimum atomic E-state index is -1.07. The van der Waals surface area contributed by atoms with E-state index in [4.69, 9.17) is 5.11 Å². The summed E-state index contributed by atoms with van der Waals surface area (Å²) in [5.41, 5.74) is 1.55. The van der Waals surface area contributed by atoms with E-state index >= 15 is 0 Å². The van der Waals surface area contributed by atoms with Crippen molar-refractivity contribution in [2.24, 2.45) is 0 Å². The molecule has 7 nitrogen and oxygen atoms in total. The van der Waals surface area contributed by atoms with Crippen LogP contribution in [0.15, 0.2) is 49.2 Å². The summed E-state index contributed by atoms with van der Waals surface area (Å²) in [6.07, 6.45) is 4.08. The molecule has 2 N–H and O–H groups in total. The highest BCUT2D eigenvalue weighted by molar-refractivity contribution is 5.83. The van der Waals surface area contributed by atoms with Crippen LogP contribution in [0, 0.1) is 0 Å². The second kappa shape index (κ2) is 7.88. The summed E-state index contributed by atoms with van der Waals surface area (Å²) in [6.45, 7) is 3.46. The number of carbonyl (C=O) groups excluding carboxylic acids is 1. The molecular weight excluding hydrogens is 296 g/mol. The molecule has 7 heteroatoms. The molecule has 0 fully saturated rings. The molecular formula is C16H18N4O3. The molecule has 23 heavy (non-hydrogen) atoms. The van der Waals surface area contributed by atoms with E-state index in [-0.39, 0.29) is 6.54 Å². The first-order chi connectivity index (χ1) is 11.1. The molecule has 0 saturated carbocycles. The van der Waals surface area contributed by atoms with Crippen LogP contribution in [0.4, 0.5) is 0 Å². The number of nitrogens with zero attached hydrogens (tertiary/aromatic N) is 3. The molecule has 0 aliphatic rings. The standard InChI is InChI=1S/C16H18N4O3/c1-2-3-9-13(16(22)23)17-15(21)11-20-10-14(18-19-20)12-7-5-4-6-8-12/h2,4-8,10,13H,1,3,9,11H2,(H,17,21)(H,22,23). The van der Waals surface area contributed by atoms with Crippen molar-refractivity contribution < 1.29 is 14.7 Å². The summed E-state index contributed by atoms with van der Waals surface area (Å²) in [6, 6.07) is 8.53. The van der Waals surface area contributed by atoms with Gasteiger partial charge in [-0.05, 0) is 12.8 Å². The number of carboxylic acid groups (broad SMARTS) is 1. The molecule has 1 atom stereocenters. The largest absolute Gasteiger partial charge is 0.480 e. The Kier molecular flexibility index (Phi) is 5.62. The Bertz CT molecular complexity index is 682. The Hall–Kier alpha value is -2.96. The fourth-order valence-corrected chi connectivity index (χ4v) is 2.05. The van der Waals surface area contributed by atoms with Crippen molar-refractivity contribution in [1.82, 2.24) is 20.3 Å². The van der Waals surface area contributed by atoms with Crippen LogP contribution >= 0.6 is 0 Å². The van der Waals surface area contributed by atoms with E-state index in [1.54, 1.807) is 12.3 Å². The molecule has 1 aromatic heterocycles. The van der Waals surface area contributed by atoms with Gasteiger partial charge in [0.2, 0.25) is 5.91 Å². The number of carbonyl (C=O) groups is 2. The predicted octanol–water partition coefficient (Wildman–Crippen LogP) is 1.48. The number of hydrogen-bond acceptors (Lipinski definition) is 4. The number of nitrogens with one attached hydrogen (secondary N) is 1. The average molecular weight is 314 g/mol. The number of aliphatic carboxylic acids is 1. The third-order valence-electron chi connectivity index (χ3n) is 3.21. The smallest absolute Gasteiger partial charge is 0.326 e. The van der Waals surface area contributed by atoms with Gasteiger partial charge in [-0.1, -0.05) is 41.6 Å². The van der Waals surface area contributed by atoms with Crippen LogP contribution in [-0.2, 0) is 16.1 Å². The zero-order valence-corrected chi connectivity index (χ0v) is 12.6. The highest BCUT2D eigenvalue weighted by Gasteiger charge is 2.19. The molecule has 2 rings (SSSR count). The molecule has 2 aromatic rings. The molecule has 0 aliphatic heterocycles. The van der Waals surface area contributed by atoms with E-state index in [2.05, 4.69) is 22.2 Å². The lowest BCUT2D eigenvalue weighted by Crippen LogP contribution is -2.42. The average Bonchev–Trinajstić information content (AvgIpc) is 3.00. The molecule has 1 aromatic carbocycles. The van der Waals surface area contributed by atoms with Crippen molar-refractivity contribution in [3.05, 3.63) is 49.2 Å². The minimum Gasteiger partial charge on any atom is -0.480 e. The molecule has 0 radical (unpaired) electrons. The van der Waals surface area contributed by atoms with Crippen molar-refractivity contribution in [3.8, 4) is 11.3 Å². The van der Waals surface area contributed by atoms with Gasteiger partial charge in [-0.15, -0.1) is 11.7 Å². The van der Waals surface area contributed by atoms with Gasteiger partial charge < -0.3 is 10.4 Å². The lowest BCUT2D eigenvalue weighted by Gasteiger charge is -2.13. The van der Waals surface area contributed by atoms with Crippen molar-refractivity contribution in [3.63, 3.8) is 0 Å². The molecule has 1 amide bonds. The van der Waals surface area contributed by atoms with Gasteiger partial charge in [0.05, 0.1) is 6.20 Å². The number of amides is 1. The van der Waals surface area contributed by atoms with Crippen LogP contribution in [0.2, 0.25) is 0 Å². The maximum Gasteiger partial charge on any atom is 0.326 e. The van der Waals surface area contributed by atoms with E-state index in [1.165, 1.54) is 4.68 Å². The van der Waals surface area contributed by atoms with Crippen LogP contribution in [0.5, 0.6) is 0 Å². The molecule has 0 aliphatic carbocycles. The Morgan fingerprint density at radius 2 is 2.09 bits per heavy atom. The molecule has 120 valence electrons. The van der Waals surface area contributed by atoms with Crippen LogP contribution in [-0.4, -0.2) is 38.0 Å². The first-order valence-corrected chi connectivity index (χ1v) is 7.18. The molecule has 0 bridgehead atoms. The van der Waals surface area contributed by atoms with Gasteiger partial charge in [0.25, 0.3) is 0 Å². The highest BCUT2D eigenvalue weighted by atomic mass is 16.4. The zero-order chi connectivity index (χ0) is 16.7.